The van der Waals surface area contributed by atoms with Crippen molar-refractivity contribution in [2.45, 2.75) is 41.9 Å². The normalized spacial score (nSPS) is 26.5. The first-order chi connectivity index (χ1) is 7.27. The van der Waals surface area contributed by atoms with E-state index in [-0.39, 0.29) is 0 Å². The Morgan fingerprint density at radius 2 is 1.93 bits per heavy atom. The molecule has 1 fully saturated rings. The standard InChI is InChI=1S/C12H16ClNS/c13-9-5-1-3-7-11(9)15-12-8-4-2-6-10(12)14/h1,3,5,7,10,12H,2,4,6,8,14H2. The Morgan fingerprint density at radius 1 is 1.20 bits per heavy atom. The van der Waals surface area contributed by atoms with Crippen LogP contribution in [0.25, 0.3) is 0 Å². The van der Waals surface area contributed by atoms with E-state index in [2.05, 4.69) is 6.07 Å². The second-order valence-corrected chi connectivity index (χ2v) is 5.72. The van der Waals surface area contributed by atoms with Gasteiger partial charge in [0.2, 0.25) is 0 Å². The molecule has 1 aromatic rings. The van der Waals surface area contributed by atoms with Gasteiger partial charge in [-0.05, 0) is 25.0 Å². The lowest BCUT2D eigenvalue weighted by Gasteiger charge is -2.28. The molecule has 1 nitrogen and oxygen atoms in total. The molecule has 0 aromatic heterocycles. The average molecular weight is 242 g/mol. The second-order valence-electron chi connectivity index (χ2n) is 4.04. The molecule has 1 saturated carbocycles. The van der Waals surface area contributed by atoms with Crippen LogP contribution in [0.1, 0.15) is 25.7 Å². The highest BCUT2D eigenvalue weighted by molar-refractivity contribution is 8.00. The Kier molecular flexibility index (Phi) is 3.95. The Balaban J connectivity index is 2.04. The highest BCUT2D eigenvalue weighted by atomic mass is 35.5. The zero-order valence-electron chi connectivity index (χ0n) is 8.66. The molecule has 0 amide bonds. The van der Waals surface area contributed by atoms with Gasteiger partial charge >= 0.3 is 0 Å². The molecule has 82 valence electrons. The lowest BCUT2D eigenvalue weighted by atomic mass is 9.96. The summed E-state index contributed by atoms with van der Waals surface area (Å²) < 4.78 is 0. The molecule has 3 heteroatoms. The van der Waals surface area contributed by atoms with E-state index < -0.39 is 0 Å². The number of hydrogen-bond donors (Lipinski definition) is 1. The van der Waals surface area contributed by atoms with E-state index in [1.165, 1.54) is 24.2 Å². The largest absolute Gasteiger partial charge is 0.327 e. The molecular weight excluding hydrogens is 226 g/mol. The van der Waals surface area contributed by atoms with E-state index >= 15 is 0 Å². The SMILES string of the molecule is NC1CCCCC1Sc1ccccc1Cl. The molecule has 2 unspecified atom stereocenters. The highest BCUT2D eigenvalue weighted by Crippen LogP contribution is 2.36. The Labute approximate surface area is 100 Å². The van der Waals surface area contributed by atoms with Crippen molar-refractivity contribution < 1.29 is 0 Å². The summed E-state index contributed by atoms with van der Waals surface area (Å²) in [7, 11) is 0. The maximum absolute atomic E-state index is 6.13. The summed E-state index contributed by atoms with van der Waals surface area (Å²) >= 11 is 7.97. The molecule has 1 aliphatic carbocycles. The summed E-state index contributed by atoms with van der Waals surface area (Å²) in [5.74, 6) is 0. The fraction of sp³-hybridized carbons (Fsp3) is 0.500. The quantitative estimate of drug-likeness (QED) is 0.855. The molecule has 0 aliphatic heterocycles. The van der Waals surface area contributed by atoms with Crippen LogP contribution in [0.2, 0.25) is 5.02 Å². The number of benzene rings is 1. The van der Waals surface area contributed by atoms with Crippen LogP contribution in [0.4, 0.5) is 0 Å². The van der Waals surface area contributed by atoms with Crippen LogP contribution in [-0.2, 0) is 0 Å². The van der Waals surface area contributed by atoms with Crippen molar-refractivity contribution in [3.63, 3.8) is 0 Å². The van der Waals surface area contributed by atoms with Gasteiger partial charge in [0.15, 0.2) is 0 Å². The van der Waals surface area contributed by atoms with Gasteiger partial charge in [0.1, 0.15) is 0 Å². The first-order valence-corrected chi connectivity index (χ1v) is 6.70. The van der Waals surface area contributed by atoms with E-state index in [0.29, 0.717) is 11.3 Å². The van der Waals surface area contributed by atoms with E-state index in [0.717, 1.165) is 11.4 Å². The van der Waals surface area contributed by atoms with Gasteiger partial charge in [-0.2, -0.15) is 0 Å². The molecule has 2 atom stereocenters. The summed E-state index contributed by atoms with van der Waals surface area (Å²) in [5, 5.41) is 1.39. The topological polar surface area (TPSA) is 26.0 Å². The number of halogens is 1. The van der Waals surface area contributed by atoms with E-state index in [9.17, 15) is 0 Å². The molecule has 0 bridgehead atoms. The van der Waals surface area contributed by atoms with Gasteiger partial charge in [0.05, 0.1) is 5.02 Å². The summed E-state index contributed by atoms with van der Waals surface area (Å²) in [6, 6.07) is 8.35. The minimum Gasteiger partial charge on any atom is -0.327 e. The molecule has 15 heavy (non-hydrogen) atoms. The van der Waals surface area contributed by atoms with Crippen LogP contribution < -0.4 is 5.73 Å². The molecule has 0 saturated heterocycles. The molecule has 0 radical (unpaired) electrons. The first-order valence-electron chi connectivity index (χ1n) is 5.44. The third-order valence-corrected chi connectivity index (χ3v) is 4.81. The van der Waals surface area contributed by atoms with Gasteiger partial charge in [0, 0.05) is 16.2 Å². The van der Waals surface area contributed by atoms with Crippen LogP contribution in [0, 0.1) is 0 Å². The summed E-state index contributed by atoms with van der Waals surface area (Å²) in [6.07, 6.45) is 4.95. The van der Waals surface area contributed by atoms with Crippen molar-refractivity contribution in [1.29, 1.82) is 0 Å². The molecule has 0 spiro atoms. The second kappa shape index (κ2) is 5.24. The van der Waals surface area contributed by atoms with Crippen LogP contribution in [0.15, 0.2) is 29.2 Å². The van der Waals surface area contributed by atoms with Gasteiger partial charge < -0.3 is 5.73 Å². The van der Waals surface area contributed by atoms with Crippen LogP contribution in [0.3, 0.4) is 0 Å². The fourth-order valence-corrected chi connectivity index (χ4v) is 3.50. The third-order valence-electron chi connectivity index (χ3n) is 2.87. The molecule has 0 heterocycles. The fourth-order valence-electron chi connectivity index (χ4n) is 1.98. The highest BCUT2D eigenvalue weighted by Gasteiger charge is 2.23. The number of hydrogen-bond acceptors (Lipinski definition) is 2. The predicted molar refractivity (Wildman–Crippen MR) is 67.5 cm³/mol. The summed E-state index contributed by atoms with van der Waals surface area (Å²) in [4.78, 5) is 1.17. The average Bonchev–Trinajstić information content (AvgIpc) is 2.24. The van der Waals surface area contributed by atoms with Crippen molar-refractivity contribution in [2.75, 3.05) is 0 Å². The number of rotatable bonds is 2. The zero-order chi connectivity index (χ0) is 10.7. The molecule has 2 rings (SSSR count). The van der Waals surface area contributed by atoms with E-state index in [1.54, 1.807) is 0 Å². The maximum Gasteiger partial charge on any atom is 0.0541 e. The van der Waals surface area contributed by atoms with Gasteiger partial charge in [-0.3, -0.25) is 0 Å². The maximum atomic E-state index is 6.13. The number of nitrogens with two attached hydrogens (primary N) is 1. The molecule has 1 aromatic carbocycles. The lowest BCUT2D eigenvalue weighted by Crippen LogP contribution is -2.35. The van der Waals surface area contributed by atoms with Crippen molar-refractivity contribution in [3.8, 4) is 0 Å². The minimum atomic E-state index is 0.333. The van der Waals surface area contributed by atoms with Crippen molar-refractivity contribution in [2.24, 2.45) is 5.73 Å². The smallest absolute Gasteiger partial charge is 0.0541 e. The van der Waals surface area contributed by atoms with Crippen LogP contribution in [0.5, 0.6) is 0 Å². The summed E-state index contributed by atoms with van der Waals surface area (Å²) in [6.45, 7) is 0. The molecular formula is C12H16ClNS. The third kappa shape index (κ3) is 2.90. The van der Waals surface area contributed by atoms with Gasteiger partial charge in [-0.25, -0.2) is 0 Å². The van der Waals surface area contributed by atoms with E-state index in [4.69, 9.17) is 17.3 Å². The monoisotopic (exact) mass is 241 g/mol. The predicted octanol–water partition coefficient (Wildman–Crippen LogP) is 3.70. The van der Waals surface area contributed by atoms with Crippen molar-refractivity contribution in [3.05, 3.63) is 29.3 Å². The van der Waals surface area contributed by atoms with Crippen molar-refractivity contribution in [1.82, 2.24) is 0 Å². The number of thioether (sulfide) groups is 1. The minimum absolute atomic E-state index is 0.333. The van der Waals surface area contributed by atoms with Crippen molar-refractivity contribution >= 4 is 23.4 Å². The first kappa shape index (κ1) is 11.3. The van der Waals surface area contributed by atoms with Gasteiger partial charge in [-0.1, -0.05) is 36.6 Å². The van der Waals surface area contributed by atoms with Crippen LogP contribution in [-0.4, -0.2) is 11.3 Å². The van der Waals surface area contributed by atoms with E-state index in [1.807, 2.05) is 30.0 Å². The lowest BCUT2D eigenvalue weighted by molar-refractivity contribution is 0.453. The van der Waals surface area contributed by atoms with Crippen LogP contribution >= 0.6 is 23.4 Å². The Hall–Kier alpha value is -0.180. The Morgan fingerprint density at radius 3 is 2.67 bits per heavy atom. The zero-order valence-corrected chi connectivity index (χ0v) is 10.2. The van der Waals surface area contributed by atoms with Gasteiger partial charge in [-0.15, -0.1) is 11.8 Å². The van der Waals surface area contributed by atoms with Gasteiger partial charge in [0.25, 0.3) is 0 Å². The summed E-state index contributed by atoms with van der Waals surface area (Å²) in [5.41, 5.74) is 6.11. The molecule has 2 N–H and O–H groups in total. The Bertz CT molecular complexity index is 329. The molecule has 1 aliphatic rings.